The molecular formula is C21H33IN6O. The first kappa shape index (κ1) is 23.4. The fourth-order valence-corrected chi connectivity index (χ4v) is 3.38. The second kappa shape index (κ2) is 11.4. The second-order valence-electron chi connectivity index (χ2n) is 7.52. The molecule has 8 heteroatoms. The van der Waals surface area contributed by atoms with Gasteiger partial charge in [0.15, 0.2) is 11.8 Å². The Morgan fingerprint density at radius 3 is 2.62 bits per heavy atom. The topological polar surface area (TPSA) is 67.6 Å². The maximum absolute atomic E-state index is 5.96. The van der Waals surface area contributed by atoms with E-state index in [-0.39, 0.29) is 24.0 Å². The zero-order valence-electron chi connectivity index (χ0n) is 17.9. The molecule has 1 aliphatic rings. The van der Waals surface area contributed by atoms with Gasteiger partial charge in [-0.2, -0.15) is 0 Å². The lowest BCUT2D eigenvalue weighted by atomic mass is 10.2. The molecule has 7 nitrogen and oxygen atoms in total. The lowest BCUT2D eigenvalue weighted by Crippen LogP contribution is -2.45. The number of hydrogen-bond donors (Lipinski definition) is 1. The number of halogens is 1. The highest BCUT2D eigenvalue weighted by Crippen LogP contribution is 2.18. The van der Waals surface area contributed by atoms with Crippen LogP contribution < -0.4 is 10.1 Å². The molecule has 0 radical (unpaired) electrons. The highest BCUT2D eigenvalue weighted by Gasteiger charge is 2.18. The Morgan fingerprint density at radius 1 is 1.24 bits per heavy atom. The summed E-state index contributed by atoms with van der Waals surface area (Å²) in [6, 6.07) is 8.61. The van der Waals surface area contributed by atoms with Crippen LogP contribution in [0.25, 0.3) is 0 Å². The first-order chi connectivity index (χ1) is 13.5. The summed E-state index contributed by atoms with van der Waals surface area (Å²) in [6.07, 6.45) is 4.98. The van der Waals surface area contributed by atoms with Crippen LogP contribution in [0.1, 0.15) is 42.9 Å². The van der Waals surface area contributed by atoms with Gasteiger partial charge < -0.3 is 19.5 Å². The molecular weight excluding hydrogens is 479 g/mol. The number of aryl methyl sites for hydroxylation is 2. The van der Waals surface area contributed by atoms with Crippen LogP contribution in [0, 0.1) is 13.8 Å². The highest BCUT2D eigenvalue weighted by molar-refractivity contribution is 14.0. The van der Waals surface area contributed by atoms with E-state index in [0.29, 0.717) is 19.2 Å². The molecule has 1 aromatic carbocycles. The summed E-state index contributed by atoms with van der Waals surface area (Å²) in [5, 5.41) is 12.0. The number of hydrogen-bond acceptors (Lipinski definition) is 4. The lowest BCUT2D eigenvalue weighted by molar-refractivity contribution is 0.278. The molecule has 1 fully saturated rings. The molecule has 1 N–H and O–H groups in total. The Labute approximate surface area is 191 Å². The minimum absolute atomic E-state index is 0. The molecule has 3 rings (SSSR count). The third-order valence-electron chi connectivity index (χ3n) is 5.38. The zero-order chi connectivity index (χ0) is 19.9. The minimum atomic E-state index is 0. The SMILES string of the molecule is Cc1ccccc1OCCN(C)C(=NCc1nnc(C)n1C)NC1CCCC1.I. The summed E-state index contributed by atoms with van der Waals surface area (Å²) in [4.78, 5) is 6.97. The Morgan fingerprint density at radius 2 is 1.97 bits per heavy atom. The third kappa shape index (κ3) is 6.58. The number of para-hydroxylation sites is 1. The van der Waals surface area contributed by atoms with Crippen molar-refractivity contribution in [2.45, 2.75) is 52.1 Å². The van der Waals surface area contributed by atoms with Crippen molar-refractivity contribution in [2.24, 2.45) is 12.0 Å². The average molecular weight is 512 g/mol. The van der Waals surface area contributed by atoms with E-state index in [1.165, 1.54) is 25.7 Å². The van der Waals surface area contributed by atoms with Gasteiger partial charge in [-0.15, -0.1) is 34.2 Å². The molecule has 1 saturated carbocycles. The number of benzene rings is 1. The van der Waals surface area contributed by atoms with Crippen LogP contribution in [0.2, 0.25) is 0 Å². The van der Waals surface area contributed by atoms with Gasteiger partial charge in [-0.3, -0.25) is 0 Å². The largest absolute Gasteiger partial charge is 0.491 e. The van der Waals surface area contributed by atoms with Crippen molar-refractivity contribution in [1.29, 1.82) is 0 Å². The predicted octanol–water partition coefficient (Wildman–Crippen LogP) is 3.45. The summed E-state index contributed by atoms with van der Waals surface area (Å²) in [6.45, 7) is 5.89. The molecule has 1 aliphatic carbocycles. The van der Waals surface area contributed by atoms with Crippen molar-refractivity contribution in [2.75, 3.05) is 20.2 Å². The van der Waals surface area contributed by atoms with E-state index < -0.39 is 0 Å². The molecule has 0 spiro atoms. The summed E-state index contributed by atoms with van der Waals surface area (Å²) < 4.78 is 7.95. The van der Waals surface area contributed by atoms with E-state index in [1.54, 1.807) is 0 Å². The van der Waals surface area contributed by atoms with E-state index in [0.717, 1.165) is 35.5 Å². The molecule has 29 heavy (non-hydrogen) atoms. The number of nitrogens with zero attached hydrogens (tertiary/aromatic N) is 5. The summed E-state index contributed by atoms with van der Waals surface area (Å²) in [7, 11) is 4.04. The van der Waals surface area contributed by atoms with Gasteiger partial charge in [-0.1, -0.05) is 31.0 Å². The van der Waals surface area contributed by atoms with E-state index in [4.69, 9.17) is 9.73 Å². The van der Waals surface area contributed by atoms with Crippen molar-refractivity contribution in [3.63, 3.8) is 0 Å². The molecule has 0 bridgehead atoms. The molecule has 160 valence electrons. The molecule has 0 unspecified atom stereocenters. The van der Waals surface area contributed by atoms with Crippen LogP contribution in [-0.2, 0) is 13.6 Å². The smallest absolute Gasteiger partial charge is 0.194 e. The van der Waals surface area contributed by atoms with Gasteiger partial charge >= 0.3 is 0 Å². The molecule has 1 aromatic heterocycles. The summed E-state index contributed by atoms with van der Waals surface area (Å²) in [5.41, 5.74) is 1.15. The standard InChI is InChI=1S/C21H32N6O.HI/c1-16-9-5-8-12-19(16)28-14-13-26(3)21(23-18-10-6-7-11-18)22-15-20-25-24-17(2)27(20)4;/h5,8-9,12,18H,6-7,10-11,13-15H2,1-4H3,(H,22,23);1H. The quantitative estimate of drug-likeness (QED) is 0.350. The third-order valence-corrected chi connectivity index (χ3v) is 5.38. The van der Waals surface area contributed by atoms with Gasteiger partial charge in [-0.05, 0) is 38.3 Å². The van der Waals surface area contributed by atoms with Crippen molar-refractivity contribution in [1.82, 2.24) is 25.0 Å². The van der Waals surface area contributed by atoms with Gasteiger partial charge in [0.2, 0.25) is 0 Å². The Kier molecular flexibility index (Phi) is 9.19. The van der Waals surface area contributed by atoms with Gasteiger partial charge in [0.25, 0.3) is 0 Å². The van der Waals surface area contributed by atoms with Crippen LogP contribution >= 0.6 is 24.0 Å². The van der Waals surface area contributed by atoms with Gasteiger partial charge in [0, 0.05) is 20.1 Å². The molecule has 0 atom stereocenters. The van der Waals surface area contributed by atoms with Crippen molar-refractivity contribution >= 4 is 29.9 Å². The fourth-order valence-electron chi connectivity index (χ4n) is 3.38. The van der Waals surface area contributed by atoms with E-state index in [2.05, 4.69) is 40.5 Å². The van der Waals surface area contributed by atoms with Crippen LogP contribution in [0.15, 0.2) is 29.3 Å². The number of likely N-dealkylation sites (N-methyl/N-ethyl adjacent to an activating group) is 1. The minimum Gasteiger partial charge on any atom is -0.491 e. The number of nitrogens with one attached hydrogen (secondary N) is 1. The van der Waals surface area contributed by atoms with E-state index in [1.807, 2.05) is 36.7 Å². The number of guanidine groups is 1. The maximum Gasteiger partial charge on any atom is 0.194 e. The second-order valence-corrected chi connectivity index (χ2v) is 7.52. The molecule has 2 aromatic rings. The molecule has 0 aliphatic heterocycles. The van der Waals surface area contributed by atoms with Crippen LogP contribution in [0.4, 0.5) is 0 Å². The molecule has 0 saturated heterocycles. The Hall–Kier alpha value is -1.84. The number of rotatable bonds is 7. The van der Waals surface area contributed by atoms with Crippen molar-refractivity contribution in [3.05, 3.63) is 41.5 Å². The maximum atomic E-state index is 5.96. The molecule has 0 amide bonds. The number of ether oxygens (including phenoxy) is 1. The van der Waals surface area contributed by atoms with Crippen LogP contribution in [0.3, 0.4) is 0 Å². The average Bonchev–Trinajstić information content (AvgIpc) is 3.31. The van der Waals surface area contributed by atoms with Gasteiger partial charge in [0.05, 0.1) is 6.54 Å². The first-order valence-corrected chi connectivity index (χ1v) is 10.1. The Balaban J connectivity index is 0.00000300. The van der Waals surface area contributed by atoms with Gasteiger partial charge in [0.1, 0.15) is 24.7 Å². The normalized spacial score (nSPS) is 14.6. The van der Waals surface area contributed by atoms with E-state index >= 15 is 0 Å². The van der Waals surface area contributed by atoms with E-state index in [9.17, 15) is 0 Å². The first-order valence-electron chi connectivity index (χ1n) is 10.1. The molecule has 1 heterocycles. The van der Waals surface area contributed by atoms with Crippen LogP contribution in [0.5, 0.6) is 5.75 Å². The van der Waals surface area contributed by atoms with Crippen LogP contribution in [-0.4, -0.2) is 51.9 Å². The lowest BCUT2D eigenvalue weighted by Gasteiger charge is -2.25. The fraction of sp³-hybridized carbons (Fsp3) is 0.571. The summed E-state index contributed by atoms with van der Waals surface area (Å²) >= 11 is 0. The predicted molar refractivity (Wildman–Crippen MR) is 127 cm³/mol. The number of aliphatic imine (C=N–C) groups is 1. The Bertz CT molecular complexity index is 800. The zero-order valence-corrected chi connectivity index (χ0v) is 20.2. The summed E-state index contributed by atoms with van der Waals surface area (Å²) in [5.74, 6) is 3.61. The van der Waals surface area contributed by atoms with Crippen molar-refractivity contribution < 1.29 is 4.74 Å². The monoisotopic (exact) mass is 512 g/mol. The van der Waals surface area contributed by atoms with Gasteiger partial charge in [-0.25, -0.2) is 4.99 Å². The van der Waals surface area contributed by atoms with Crippen molar-refractivity contribution in [3.8, 4) is 5.75 Å². The highest BCUT2D eigenvalue weighted by atomic mass is 127. The number of aromatic nitrogens is 3.